The van der Waals surface area contributed by atoms with Gasteiger partial charge in [0.2, 0.25) is 0 Å². The minimum Gasteiger partial charge on any atom is -0.337 e. The summed E-state index contributed by atoms with van der Waals surface area (Å²) in [6.07, 6.45) is -3.02. The highest BCUT2D eigenvalue weighted by Gasteiger charge is 2.40. The normalized spacial score (nSPS) is 13.0. The van der Waals surface area contributed by atoms with Gasteiger partial charge in [0.1, 0.15) is 5.54 Å². The van der Waals surface area contributed by atoms with Crippen LogP contribution in [0.25, 0.3) is 0 Å². The summed E-state index contributed by atoms with van der Waals surface area (Å²) in [4.78, 5) is 28.9. The van der Waals surface area contributed by atoms with Crippen LogP contribution < -0.4 is 5.32 Å². The molecule has 1 amide bonds. The van der Waals surface area contributed by atoms with Crippen molar-refractivity contribution in [1.29, 1.82) is 0 Å². The van der Waals surface area contributed by atoms with Crippen LogP contribution in [-0.4, -0.2) is 21.0 Å². The quantitative estimate of drug-likeness (QED) is 0.319. The Balaban J connectivity index is 1.92. The first-order valence-corrected chi connectivity index (χ1v) is 10.9. The molecule has 1 heterocycles. The molecule has 0 aliphatic carbocycles. The van der Waals surface area contributed by atoms with Gasteiger partial charge >= 0.3 is 11.9 Å². The lowest BCUT2D eigenvalue weighted by Gasteiger charge is -2.36. The maximum atomic E-state index is 13.7. The second kappa shape index (κ2) is 9.99. The van der Waals surface area contributed by atoms with Gasteiger partial charge in [-0.3, -0.25) is 9.78 Å². The fourth-order valence-corrected chi connectivity index (χ4v) is 4.03. The highest BCUT2D eigenvalue weighted by atomic mass is 19.4. The predicted molar refractivity (Wildman–Crippen MR) is 126 cm³/mol. The van der Waals surface area contributed by atoms with Gasteiger partial charge in [0, 0.05) is 30.3 Å². The fraction of sp³-hybridized carbons (Fsp3) is 0.111. The first-order chi connectivity index (χ1) is 17.2. The van der Waals surface area contributed by atoms with E-state index >= 15 is 0 Å². The molecule has 6 nitrogen and oxygen atoms in total. The minimum absolute atomic E-state index is 0.0303. The summed E-state index contributed by atoms with van der Waals surface area (Å²) in [6, 6.07) is 24.1. The number of nitrogens with one attached hydrogen (secondary N) is 1. The average Bonchev–Trinajstić information content (AvgIpc) is 2.89. The van der Waals surface area contributed by atoms with Crippen LogP contribution in [0.15, 0.2) is 103 Å². The summed E-state index contributed by atoms with van der Waals surface area (Å²) in [5.74, 6) is -0.669. The fourth-order valence-electron chi connectivity index (χ4n) is 4.03. The molecule has 2 N–H and O–H groups in total. The van der Waals surface area contributed by atoms with Crippen molar-refractivity contribution >= 4 is 11.6 Å². The molecular formula is C27H21F3N3O3+. The Kier molecular flexibility index (Phi) is 6.82. The van der Waals surface area contributed by atoms with E-state index in [9.17, 15) is 28.1 Å². The summed E-state index contributed by atoms with van der Waals surface area (Å²) in [5, 5.41) is 12.2. The Bertz CT molecular complexity index is 1380. The molecule has 36 heavy (non-hydrogen) atoms. The number of amides is 1. The number of carbonyl (C=O) groups excluding carboxylic acids is 1. The van der Waals surface area contributed by atoms with Crippen molar-refractivity contribution in [3.8, 4) is 0 Å². The molecule has 0 spiro atoms. The summed E-state index contributed by atoms with van der Waals surface area (Å²) < 4.78 is 41.0. The highest BCUT2D eigenvalue weighted by Crippen LogP contribution is 2.37. The van der Waals surface area contributed by atoms with Crippen LogP contribution in [0.2, 0.25) is 0 Å². The second-order valence-electron chi connectivity index (χ2n) is 8.14. The molecule has 0 bridgehead atoms. The lowest BCUT2D eigenvalue weighted by atomic mass is 9.79. The number of rotatable bonds is 7. The van der Waals surface area contributed by atoms with Gasteiger partial charge in [0.05, 0.1) is 16.2 Å². The van der Waals surface area contributed by atoms with E-state index in [4.69, 9.17) is 0 Å². The van der Waals surface area contributed by atoms with Crippen LogP contribution in [0.4, 0.5) is 18.9 Å². The summed E-state index contributed by atoms with van der Waals surface area (Å²) in [5.41, 5.74) is -1.27. The number of nitrogens with zero attached hydrogens (tertiary/aromatic N) is 2. The molecule has 182 valence electrons. The third kappa shape index (κ3) is 5.25. The predicted octanol–water partition coefficient (Wildman–Crippen LogP) is 5.82. The van der Waals surface area contributed by atoms with E-state index in [1.165, 1.54) is 42.6 Å². The van der Waals surface area contributed by atoms with E-state index in [0.717, 1.165) is 17.7 Å². The largest absolute Gasteiger partial charge is 0.416 e. The summed E-state index contributed by atoms with van der Waals surface area (Å²) in [7, 11) is 0. The molecule has 4 aromatic rings. The maximum Gasteiger partial charge on any atom is 0.416 e. The molecule has 0 aliphatic rings. The molecule has 4 rings (SSSR count). The first kappa shape index (κ1) is 24.6. The summed E-state index contributed by atoms with van der Waals surface area (Å²) >= 11 is 0. The van der Waals surface area contributed by atoms with Crippen molar-refractivity contribution in [1.82, 2.24) is 10.3 Å². The lowest BCUT2D eigenvalue weighted by molar-refractivity contribution is -0.729. The van der Waals surface area contributed by atoms with Gasteiger partial charge in [-0.1, -0.05) is 54.6 Å². The van der Waals surface area contributed by atoms with E-state index in [1.807, 2.05) is 6.07 Å². The van der Waals surface area contributed by atoms with Gasteiger partial charge in [0.15, 0.2) is 0 Å². The molecule has 1 aromatic heterocycles. The second-order valence-corrected chi connectivity index (χ2v) is 8.14. The number of alkyl halides is 3. The van der Waals surface area contributed by atoms with Gasteiger partial charge in [-0.2, -0.15) is 13.2 Å². The molecular weight excluding hydrogens is 471 g/mol. The van der Waals surface area contributed by atoms with Crippen molar-refractivity contribution < 1.29 is 28.1 Å². The zero-order chi connectivity index (χ0) is 25.8. The number of benzene rings is 3. The Labute approximate surface area is 204 Å². The average molecular weight is 492 g/mol. The molecule has 0 radical (unpaired) electrons. The van der Waals surface area contributed by atoms with E-state index in [-0.39, 0.29) is 28.2 Å². The van der Waals surface area contributed by atoms with Crippen molar-refractivity contribution in [2.24, 2.45) is 0 Å². The van der Waals surface area contributed by atoms with E-state index in [2.05, 4.69) is 10.3 Å². The van der Waals surface area contributed by atoms with Crippen molar-refractivity contribution in [3.05, 3.63) is 136 Å². The van der Waals surface area contributed by atoms with Crippen LogP contribution in [0.1, 0.15) is 32.7 Å². The molecule has 9 heteroatoms. The molecule has 0 fully saturated rings. The van der Waals surface area contributed by atoms with E-state index < -0.39 is 23.2 Å². The highest BCUT2D eigenvalue weighted by molar-refractivity contribution is 5.95. The van der Waals surface area contributed by atoms with Crippen LogP contribution in [-0.2, 0) is 18.1 Å². The molecule has 0 saturated heterocycles. The number of hydrogen-bond acceptors (Lipinski definition) is 3. The van der Waals surface area contributed by atoms with E-state index in [1.54, 1.807) is 42.5 Å². The van der Waals surface area contributed by atoms with Crippen molar-refractivity contribution in [2.75, 3.05) is 0 Å². The van der Waals surface area contributed by atoms with Gasteiger partial charge < -0.3 is 5.32 Å². The maximum absolute atomic E-state index is 13.7. The Hall–Kier alpha value is -4.53. The zero-order valence-electron chi connectivity index (χ0n) is 18.8. The molecule has 1 atom stereocenters. The number of hydrogen-bond donors (Lipinski definition) is 2. The molecule has 0 saturated carbocycles. The molecule has 0 aliphatic heterocycles. The van der Waals surface area contributed by atoms with Gasteiger partial charge in [0.25, 0.3) is 10.8 Å². The SMILES string of the molecule is O=C(NC(Cc1ccccc1)(c1cccc(C(F)(F)F)c1)c1ccccn1)c1cccc([N+](=O)O)c1. The van der Waals surface area contributed by atoms with Crippen molar-refractivity contribution in [3.63, 3.8) is 0 Å². The number of halogens is 3. The monoisotopic (exact) mass is 492 g/mol. The number of carbonyl (C=O) groups is 1. The topological polar surface area (TPSA) is 82.3 Å². The summed E-state index contributed by atoms with van der Waals surface area (Å²) in [6.45, 7) is 0. The van der Waals surface area contributed by atoms with Crippen LogP contribution in [0.3, 0.4) is 0 Å². The third-order valence-electron chi connectivity index (χ3n) is 5.75. The van der Waals surface area contributed by atoms with Crippen LogP contribution in [0, 0.1) is 4.91 Å². The van der Waals surface area contributed by atoms with Crippen molar-refractivity contribution in [2.45, 2.75) is 18.1 Å². The zero-order valence-corrected chi connectivity index (χ0v) is 18.8. The number of pyridine rings is 1. The standard InChI is InChI=1S/C27H20F3N3O3/c28-27(29,30)22-12-7-11-21(17-22)26(24-14-4-5-15-31-24,18-19-8-2-1-3-9-19)32-25(34)20-10-6-13-23(16-20)33(35)36/h1-17H,18H2,(H-,32,34,35,36)/p+1. The Morgan fingerprint density at radius 1 is 0.861 bits per heavy atom. The van der Waals surface area contributed by atoms with Gasteiger partial charge in [-0.05, 0) is 41.5 Å². The Morgan fingerprint density at radius 3 is 2.22 bits per heavy atom. The number of aromatic nitrogens is 1. The molecule has 3 aromatic carbocycles. The first-order valence-electron chi connectivity index (χ1n) is 10.9. The third-order valence-corrected chi connectivity index (χ3v) is 5.75. The van der Waals surface area contributed by atoms with E-state index in [0.29, 0.717) is 5.69 Å². The minimum atomic E-state index is -4.60. The Morgan fingerprint density at radius 2 is 1.56 bits per heavy atom. The van der Waals surface area contributed by atoms with Gasteiger partial charge in [-0.15, -0.1) is 0 Å². The lowest BCUT2D eigenvalue weighted by Crippen LogP contribution is -2.49. The van der Waals surface area contributed by atoms with Gasteiger partial charge in [-0.25, -0.2) is 5.21 Å². The smallest absolute Gasteiger partial charge is 0.337 e. The molecule has 1 unspecified atom stereocenters. The van der Waals surface area contributed by atoms with Crippen LogP contribution in [0.5, 0.6) is 0 Å². The van der Waals surface area contributed by atoms with Crippen LogP contribution >= 0.6 is 0 Å².